The summed E-state index contributed by atoms with van der Waals surface area (Å²) in [6.07, 6.45) is 1.71. The van der Waals surface area contributed by atoms with Gasteiger partial charge in [0, 0.05) is 30.4 Å². The van der Waals surface area contributed by atoms with E-state index in [0.29, 0.717) is 10.6 Å². The molecule has 0 aliphatic carbocycles. The molecule has 9 heteroatoms. The van der Waals surface area contributed by atoms with Gasteiger partial charge >= 0.3 is 0 Å². The molecule has 2 aromatic rings. The van der Waals surface area contributed by atoms with Gasteiger partial charge in [-0.15, -0.1) is 0 Å². The summed E-state index contributed by atoms with van der Waals surface area (Å²) in [5, 5.41) is 13.8. The Labute approximate surface area is 159 Å². The van der Waals surface area contributed by atoms with E-state index in [4.69, 9.17) is 0 Å². The lowest BCUT2D eigenvalue weighted by atomic mass is 10.2. The standard InChI is InChI=1S/C18H16N4O4S/c1-10-7-13(8-16-17(24)20-18(27-16)19-12(3)23)11(2)21(10)14-5-4-6-15(9-14)22(25)26/h4-9H,1-3H3,(H,19,20,23,24)/b16-8-. The first-order valence-corrected chi connectivity index (χ1v) is 8.82. The zero-order valence-corrected chi connectivity index (χ0v) is 15.7. The average molecular weight is 384 g/mol. The molecule has 1 aromatic heterocycles. The van der Waals surface area contributed by atoms with E-state index in [2.05, 4.69) is 10.3 Å². The minimum Gasteiger partial charge on any atom is -0.318 e. The molecule has 0 atom stereocenters. The van der Waals surface area contributed by atoms with Crippen molar-refractivity contribution in [3.8, 4) is 5.69 Å². The van der Waals surface area contributed by atoms with Crippen LogP contribution in [0, 0.1) is 24.0 Å². The minimum atomic E-state index is -0.435. The number of nitro benzene ring substituents is 1. The summed E-state index contributed by atoms with van der Waals surface area (Å²) >= 11 is 1.10. The number of thioether (sulfide) groups is 1. The van der Waals surface area contributed by atoms with Gasteiger partial charge in [0.2, 0.25) is 5.91 Å². The summed E-state index contributed by atoms with van der Waals surface area (Å²) in [6, 6.07) is 8.26. The molecule has 0 saturated heterocycles. The maximum Gasteiger partial charge on any atom is 0.286 e. The van der Waals surface area contributed by atoms with Crippen molar-refractivity contribution in [1.82, 2.24) is 9.88 Å². The number of carbonyl (C=O) groups is 2. The number of amidine groups is 1. The van der Waals surface area contributed by atoms with Crippen LogP contribution in [-0.2, 0) is 9.59 Å². The summed E-state index contributed by atoms with van der Waals surface area (Å²) in [5.41, 5.74) is 3.19. The number of aliphatic imine (C=N–C) groups is 1. The summed E-state index contributed by atoms with van der Waals surface area (Å²) in [6.45, 7) is 5.11. The van der Waals surface area contributed by atoms with Crippen molar-refractivity contribution in [2.45, 2.75) is 20.8 Å². The first-order valence-electron chi connectivity index (χ1n) is 8.00. The maximum absolute atomic E-state index is 12.1. The van der Waals surface area contributed by atoms with E-state index in [1.807, 2.05) is 24.5 Å². The van der Waals surface area contributed by atoms with Crippen LogP contribution in [0.25, 0.3) is 11.8 Å². The van der Waals surface area contributed by atoms with Gasteiger partial charge in [-0.3, -0.25) is 19.7 Å². The third kappa shape index (κ3) is 3.82. The van der Waals surface area contributed by atoms with Crippen LogP contribution in [0.5, 0.6) is 0 Å². The number of hydrogen-bond donors (Lipinski definition) is 1. The van der Waals surface area contributed by atoms with Crippen molar-refractivity contribution in [2.75, 3.05) is 0 Å². The molecule has 1 aliphatic rings. The van der Waals surface area contributed by atoms with Crippen molar-refractivity contribution >= 4 is 40.5 Å². The van der Waals surface area contributed by atoms with Gasteiger partial charge in [-0.2, -0.15) is 4.99 Å². The van der Waals surface area contributed by atoms with Crippen molar-refractivity contribution in [3.63, 3.8) is 0 Å². The Hall–Kier alpha value is -3.20. The van der Waals surface area contributed by atoms with Crippen LogP contribution in [0.3, 0.4) is 0 Å². The Kier molecular flexibility index (Phi) is 4.95. The predicted molar refractivity (Wildman–Crippen MR) is 104 cm³/mol. The number of nitro groups is 1. The van der Waals surface area contributed by atoms with E-state index in [0.717, 1.165) is 28.7 Å². The fourth-order valence-corrected chi connectivity index (χ4v) is 3.68. The third-order valence-electron chi connectivity index (χ3n) is 3.96. The summed E-state index contributed by atoms with van der Waals surface area (Å²) in [4.78, 5) is 38.0. The Balaban J connectivity index is 1.96. The number of nitrogens with zero attached hydrogens (tertiary/aromatic N) is 3. The van der Waals surface area contributed by atoms with Crippen molar-refractivity contribution < 1.29 is 14.5 Å². The second-order valence-electron chi connectivity index (χ2n) is 5.95. The molecule has 8 nitrogen and oxygen atoms in total. The number of aromatic nitrogens is 1. The summed E-state index contributed by atoms with van der Waals surface area (Å²) in [7, 11) is 0. The van der Waals surface area contributed by atoms with Crippen molar-refractivity contribution in [2.24, 2.45) is 4.99 Å². The van der Waals surface area contributed by atoms with Gasteiger partial charge in [0.1, 0.15) is 0 Å². The van der Waals surface area contributed by atoms with E-state index >= 15 is 0 Å². The SMILES string of the molecule is CC(=O)NC1=NC(=O)/C(=C/c2cc(C)n(-c3cccc([N+](=O)[O-])c3)c2C)S1. The molecule has 0 spiro atoms. The number of nitrogens with one attached hydrogen (secondary N) is 1. The maximum atomic E-state index is 12.1. The van der Waals surface area contributed by atoms with Gasteiger partial charge in [0.05, 0.1) is 15.5 Å². The zero-order chi connectivity index (χ0) is 19.7. The Morgan fingerprint density at radius 1 is 1.33 bits per heavy atom. The molecular weight excluding hydrogens is 368 g/mol. The molecule has 0 fully saturated rings. The number of benzene rings is 1. The van der Waals surface area contributed by atoms with Crippen molar-refractivity contribution in [1.29, 1.82) is 0 Å². The molecule has 0 bridgehead atoms. The van der Waals surface area contributed by atoms with Gasteiger partial charge in [-0.05, 0) is 49.4 Å². The molecule has 138 valence electrons. The number of rotatable bonds is 3. The van der Waals surface area contributed by atoms with Crippen LogP contribution in [0.2, 0.25) is 0 Å². The third-order valence-corrected chi connectivity index (χ3v) is 4.86. The first-order chi connectivity index (χ1) is 12.8. The Morgan fingerprint density at radius 2 is 2.07 bits per heavy atom. The Morgan fingerprint density at radius 3 is 2.74 bits per heavy atom. The summed E-state index contributed by atoms with van der Waals surface area (Å²) < 4.78 is 1.89. The van der Waals surface area contributed by atoms with Crippen LogP contribution < -0.4 is 5.32 Å². The van der Waals surface area contributed by atoms with Crippen LogP contribution in [0.15, 0.2) is 40.2 Å². The lowest BCUT2D eigenvalue weighted by molar-refractivity contribution is -0.384. The number of non-ortho nitro benzene ring substituents is 1. The van der Waals surface area contributed by atoms with Crippen LogP contribution in [0.4, 0.5) is 5.69 Å². The number of aryl methyl sites for hydroxylation is 1. The van der Waals surface area contributed by atoms with E-state index in [1.165, 1.54) is 19.1 Å². The monoisotopic (exact) mass is 384 g/mol. The van der Waals surface area contributed by atoms with Gasteiger partial charge in [-0.1, -0.05) is 6.07 Å². The fourth-order valence-electron chi connectivity index (χ4n) is 2.83. The molecule has 1 N–H and O–H groups in total. The van der Waals surface area contributed by atoms with Gasteiger partial charge in [-0.25, -0.2) is 0 Å². The molecule has 27 heavy (non-hydrogen) atoms. The lowest BCUT2D eigenvalue weighted by Crippen LogP contribution is -2.23. The average Bonchev–Trinajstić information content (AvgIpc) is 3.06. The van der Waals surface area contributed by atoms with Gasteiger partial charge < -0.3 is 9.88 Å². The number of carbonyl (C=O) groups excluding carboxylic acids is 2. The smallest absolute Gasteiger partial charge is 0.286 e. The van der Waals surface area contributed by atoms with Gasteiger partial charge in [0.25, 0.3) is 11.6 Å². The molecule has 0 unspecified atom stereocenters. The highest BCUT2D eigenvalue weighted by Crippen LogP contribution is 2.30. The molecule has 1 aromatic carbocycles. The predicted octanol–water partition coefficient (Wildman–Crippen LogP) is 3.11. The quantitative estimate of drug-likeness (QED) is 0.497. The second-order valence-corrected chi connectivity index (χ2v) is 6.98. The number of amides is 2. The van der Waals surface area contributed by atoms with E-state index < -0.39 is 10.8 Å². The van der Waals surface area contributed by atoms with Crippen LogP contribution >= 0.6 is 11.8 Å². The van der Waals surface area contributed by atoms with E-state index in [1.54, 1.807) is 18.2 Å². The van der Waals surface area contributed by atoms with Gasteiger partial charge in [0.15, 0.2) is 5.17 Å². The highest BCUT2D eigenvalue weighted by molar-refractivity contribution is 8.18. The van der Waals surface area contributed by atoms with Crippen molar-refractivity contribution in [3.05, 3.63) is 62.3 Å². The molecule has 3 rings (SSSR count). The lowest BCUT2D eigenvalue weighted by Gasteiger charge is -2.09. The topological polar surface area (TPSA) is 107 Å². The first kappa shape index (κ1) is 18.6. The molecule has 1 aliphatic heterocycles. The molecular formula is C18H16N4O4S. The molecule has 2 heterocycles. The highest BCUT2D eigenvalue weighted by Gasteiger charge is 2.23. The Bertz CT molecular complexity index is 1040. The second kappa shape index (κ2) is 7.20. The normalized spacial score (nSPS) is 15.1. The number of hydrogen-bond acceptors (Lipinski definition) is 5. The molecule has 0 radical (unpaired) electrons. The fraction of sp³-hybridized carbons (Fsp3) is 0.167. The summed E-state index contributed by atoms with van der Waals surface area (Å²) in [5.74, 6) is -0.706. The largest absolute Gasteiger partial charge is 0.318 e. The van der Waals surface area contributed by atoms with Crippen LogP contribution in [-0.4, -0.2) is 26.5 Å². The van der Waals surface area contributed by atoms with Crippen LogP contribution in [0.1, 0.15) is 23.9 Å². The zero-order valence-electron chi connectivity index (χ0n) is 14.8. The van der Waals surface area contributed by atoms with E-state index in [-0.39, 0.29) is 16.8 Å². The highest BCUT2D eigenvalue weighted by atomic mass is 32.2. The molecule has 2 amide bonds. The van der Waals surface area contributed by atoms with E-state index in [9.17, 15) is 19.7 Å². The molecule has 0 saturated carbocycles. The minimum absolute atomic E-state index is 0.00906.